The quantitative estimate of drug-likeness (QED) is 0.632. The second kappa shape index (κ2) is 6.13. The first kappa shape index (κ1) is 14.0. The molecule has 2 aromatic rings. The Hall–Kier alpha value is -0.450. The molecule has 1 aromatic carbocycles. The molecule has 0 aliphatic rings. The molecule has 0 atom stereocenters. The van der Waals surface area contributed by atoms with Crippen molar-refractivity contribution in [2.24, 2.45) is 0 Å². The summed E-state index contributed by atoms with van der Waals surface area (Å²) in [5.41, 5.74) is 3.32. The summed E-state index contributed by atoms with van der Waals surface area (Å²) >= 11 is 13.5. The molecule has 1 aromatic heterocycles. The summed E-state index contributed by atoms with van der Waals surface area (Å²) in [6.45, 7) is 5.18. The number of fused-ring (bicyclic) bond motifs is 1. The third-order valence-corrected chi connectivity index (χ3v) is 4.71. The van der Waals surface area contributed by atoms with Crippen LogP contribution in [-0.4, -0.2) is 21.1 Å². The number of imidazole rings is 1. The minimum atomic E-state index is 0.789. The molecule has 0 aliphatic carbocycles. The average Bonchev–Trinajstić information content (AvgIpc) is 2.67. The number of rotatable bonds is 5. The lowest BCUT2D eigenvalue weighted by atomic mass is 10.2. The standard InChI is InChI=1S/C13H17ClN2S2/c1-3-18-8-4-7-16-12-9(2)10(14)5-6-11(12)15-13(16)17/h5-6H,3-4,7-8H2,1-2H3,(H,15,17). The first-order valence-electron chi connectivity index (χ1n) is 6.10. The number of hydrogen-bond donors (Lipinski definition) is 1. The lowest BCUT2D eigenvalue weighted by Gasteiger charge is -2.07. The summed E-state index contributed by atoms with van der Waals surface area (Å²) in [7, 11) is 0. The molecule has 0 radical (unpaired) electrons. The second-order valence-corrected chi connectivity index (χ2v) is 6.39. The average molecular weight is 301 g/mol. The lowest BCUT2D eigenvalue weighted by Crippen LogP contribution is -2.00. The number of aromatic amines is 1. The van der Waals surface area contributed by atoms with Crippen LogP contribution in [0.15, 0.2) is 12.1 Å². The van der Waals surface area contributed by atoms with Crippen molar-refractivity contribution in [2.45, 2.75) is 26.8 Å². The monoisotopic (exact) mass is 300 g/mol. The highest BCUT2D eigenvalue weighted by Crippen LogP contribution is 2.25. The van der Waals surface area contributed by atoms with E-state index in [0.29, 0.717) is 0 Å². The van der Waals surface area contributed by atoms with E-state index in [1.165, 1.54) is 11.5 Å². The summed E-state index contributed by atoms with van der Waals surface area (Å²) in [6, 6.07) is 3.92. The van der Waals surface area contributed by atoms with Crippen LogP contribution in [0.1, 0.15) is 18.9 Å². The first-order valence-corrected chi connectivity index (χ1v) is 8.04. The normalized spacial score (nSPS) is 11.3. The highest BCUT2D eigenvalue weighted by atomic mass is 35.5. The highest BCUT2D eigenvalue weighted by Gasteiger charge is 2.09. The van der Waals surface area contributed by atoms with E-state index in [2.05, 4.69) is 16.5 Å². The number of thioether (sulfide) groups is 1. The van der Waals surface area contributed by atoms with Crippen molar-refractivity contribution in [3.63, 3.8) is 0 Å². The van der Waals surface area contributed by atoms with Gasteiger partial charge in [0.25, 0.3) is 0 Å². The summed E-state index contributed by atoms with van der Waals surface area (Å²) < 4.78 is 2.96. The van der Waals surface area contributed by atoms with E-state index in [1.807, 2.05) is 30.8 Å². The largest absolute Gasteiger partial charge is 0.331 e. The highest BCUT2D eigenvalue weighted by molar-refractivity contribution is 7.99. The molecule has 0 aliphatic heterocycles. The second-order valence-electron chi connectivity index (χ2n) is 4.20. The fourth-order valence-electron chi connectivity index (χ4n) is 2.09. The number of halogens is 1. The maximum absolute atomic E-state index is 6.19. The topological polar surface area (TPSA) is 20.7 Å². The van der Waals surface area contributed by atoms with Crippen LogP contribution in [0, 0.1) is 11.7 Å². The van der Waals surface area contributed by atoms with Gasteiger partial charge < -0.3 is 9.55 Å². The Bertz CT molecular complexity index is 601. The van der Waals surface area contributed by atoms with Gasteiger partial charge in [0, 0.05) is 11.6 Å². The molecule has 2 nitrogen and oxygen atoms in total. The van der Waals surface area contributed by atoms with Gasteiger partial charge in [-0.3, -0.25) is 0 Å². The van der Waals surface area contributed by atoms with Gasteiger partial charge in [-0.25, -0.2) is 0 Å². The van der Waals surface area contributed by atoms with E-state index in [1.54, 1.807) is 0 Å². The Kier molecular flexibility index (Phi) is 4.76. The van der Waals surface area contributed by atoms with Gasteiger partial charge in [0.15, 0.2) is 4.77 Å². The summed E-state index contributed by atoms with van der Waals surface area (Å²) in [5.74, 6) is 2.34. The molecule has 0 saturated heterocycles. The van der Waals surface area contributed by atoms with Gasteiger partial charge in [-0.15, -0.1) is 0 Å². The minimum Gasteiger partial charge on any atom is -0.331 e. The van der Waals surface area contributed by atoms with Crippen molar-refractivity contribution in [1.82, 2.24) is 9.55 Å². The Morgan fingerprint density at radius 1 is 1.44 bits per heavy atom. The van der Waals surface area contributed by atoms with Crippen LogP contribution in [0.25, 0.3) is 11.0 Å². The number of nitrogens with zero attached hydrogens (tertiary/aromatic N) is 1. The van der Waals surface area contributed by atoms with Crippen LogP contribution in [0.3, 0.4) is 0 Å². The molecular formula is C13H17ClN2S2. The molecule has 2 rings (SSSR count). The minimum absolute atomic E-state index is 0.789. The zero-order valence-electron chi connectivity index (χ0n) is 10.6. The molecular weight excluding hydrogens is 284 g/mol. The van der Waals surface area contributed by atoms with Crippen molar-refractivity contribution in [2.75, 3.05) is 11.5 Å². The Labute approximate surface area is 122 Å². The van der Waals surface area contributed by atoms with Gasteiger partial charge in [-0.1, -0.05) is 18.5 Å². The number of nitrogens with one attached hydrogen (secondary N) is 1. The van der Waals surface area contributed by atoms with Crippen LogP contribution >= 0.6 is 35.6 Å². The molecule has 0 saturated carbocycles. The van der Waals surface area contributed by atoms with Crippen molar-refractivity contribution >= 4 is 46.6 Å². The van der Waals surface area contributed by atoms with E-state index in [0.717, 1.165) is 39.4 Å². The molecule has 0 unspecified atom stereocenters. The predicted molar refractivity (Wildman–Crippen MR) is 84.5 cm³/mol. The molecule has 98 valence electrons. The molecule has 0 fully saturated rings. The Morgan fingerprint density at radius 3 is 2.94 bits per heavy atom. The molecule has 1 N–H and O–H groups in total. The van der Waals surface area contributed by atoms with Crippen LogP contribution in [-0.2, 0) is 6.54 Å². The summed E-state index contributed by atoms with van der Waals surface area (Å²) in [4.78, 5) is 3.25. The number of H-pyrrole nitrogens is 1. The summed E-state index contributed by atoms with van der Waals surface area (Å²) in [6.07, 6.45) is 1.13. The summed E-state index contributed by atoms with van der Waals surface area (Å²) in [5, 5.41) is 0.799. The van der Waals surface area contributed by atoms with Crippen LogP contribution < -0.4 is 0 Å². The number of benzene rings is 1. The van der Waals surface area contributed by atoms with E-state index in [-0.39, 0.29) is 0 Å². The number of hydrogen-bond acceptors (Lipinski definition) is 2. The van der Waals surface area contributed by atoms with E-state index >= 15 is 0 Å². The van der Waals surface area contributed by atoms with Gasteiger partial charge in [0.1, 0.15) is 0 Å². The molecule has 1 heterocycles. The third-order valence-electron chi connectivity index (χ3n) is 3.00. The van der Waals surface area contributed by atoms with E-state index < -0.39 is 0 Å². The van der Waals surface area contributed by atoms with Crippen molar-refractivity contribution < 1.29 is 0 Å². The maximum Gasteiger partial charge on any atom is 0.178 e. The van der Waals surface area contributed by atoms with Crippen LogP contribution in [0.4, 0.5) is 0 Å². The van der Waals surface area contributed by atoms with Crippen molar-refractivity contribution in [3.05, 3.63) is 27.5 Å². The maximum atomic E-state index is 6.19. The van der Waals surface area contributed by atoms with Gasteiger partial charge >= 0.3 is 0 Å². The fraction of sp³-hybridized carbons (Fsp3) is 0.462. The van der Waals surface area contributed by atoms with Crippen LogP contribution in [0.5, 0.6) is 0 Å². The van der Waals surface area contributed by atoms with Gasteiger partial charge in [-0.05, 0) is 54.8 Å². The Morgan fingerprint density at radius 2 is 2.22 bits per heavy atom. The van der Waals surface area contributed by atoms with Gasteiger partial charge in [-0.2, -0.15) is 11.8 Å². The number of aromatic nitrogens is 2. The van der Waals surface area contributed by atoms with E-state index in [9.17, 15) is 0 Å². The molecule has 5 heteroatoms. The molecule has 0 spiro atoms. The number of aryl methyl sites for hydroxylation is 2. The zero-order valence-corrected chi connectivity index (χ0v) is 13.0. The zero-order chi connectivity index (χ0) is 13.1. The Balaban J connectivity index is 2.34. The predicted octanol–water partition coefficient (Wildman–Crippen LogP) is 4.80. The molecule has 0 bridgehead atoms. The van der Waals surface area contributed by atoms with Gasteiger partial charge in [0.05, 0.1) is 11.0 Å². The van der Waals surface area contributed by atoms with Crippen LogP contribution in [0.2, 0.25) is 5.02 Å². The lowest BCUT2D eigenvalue weighted by molar-refractivity contribution is 0.693. The molecule has 0 amide bonds. The molecule has 18 heavy (non-hydrogen) atoms. The van der Waals surface area contributed by atoms with Gasteiger partial charge in [0.2, 0.25) is 0 Å². The smallest absolute Gasteiger partial charge is 0.178 e. The van der Waals surface area contributed by atoms with Crippen molar-refractivity contribution in [3.8, 4) is 0 Å². The SMILES string of the molecule is CCSCCCn1c(=S)[nH]c2ccc(Cl)c(C)c21. The van der Waals surface area contributed by atoms with E-state index in [4.69, 9.17) is 23.8 Å². The third kappa shape index (κ3) is 2.76. The fourth-order valence-corrected chi connectivity index (χ4v) is 3.16. The van der Waals surface area contributed by atoms with Crippen molar-refractivity contribution in [1.29, 1.82) is 0 Å². The first-order chi connectivity index (χ1) is 8.65.